The molecule has 1 rings (SSSR count). The fourth-order valence-corrected chi connectivity index (χ4v) is 1.91. The number of ether oxygens (including phenoxy) is 1. The van der Waals surface area contributed by atoms with Gasteiger partial charge in [-0.2, -0.15) is 0 Å². The van der Waals surface area contributed by atoms with Gasteiger partial charge in [0, 0.05) is 23.3 Å². The molecule has 1 N–H and O–H groups in total. The minimum atomic E-state index is 0.0898. The van der Waals surface area contributed by atoms with Gasteiger partial charge in [-0.25, -0.2) is 4.98 Å². The van der Waals surface area contributed by atoms with E-state index in [1.54, 1.807) is 0 Å². The smallest absolute Gasteiger partial charge is 0.218 e. The van der Waals surface area contributed by atoms with E-state index in [9.17, 15) is 0 Å². The number of hydrogen-bond acceptors (Lipinski definition) is 3. The first-order valence-corrected chi connectivity index (χ1v) is 7.54. The molecule has 20 heavy (non-hydrogen) atoms. The molecule has 1 heterocycles. The fraction of sp³-hybridized carbons (Fsp3) is 0.706. The van der Waals surface area contributed by atoms with E-state index in [-0.39, 0.29) is 5.54 Å². The minimum Gasteiger partial charge on any atom is -0.477 e. The van der Waals surface area contributed by atoms with Gasteiger partial charge in [0.1, 0.15) is 0 Å². The lowest BCUT2D eigenvalue weighted by molar-refractivity contribution is 0.274. The van der Waals surface area contributed by atoms with Crippen molar-refractivity contribution in [2.45, 2.75) is 67.0 Å². The zero-order valence-corrected chi connectivity index (χ0v) is 14.1. The van der Waals surface area contributed by atoms with Crippen LogP contribution in [0.5, 0.6) is 5.88 Å². The number of pyridine rings is 1. The van der Waals surface area contributed by atoms with E-state index in [2.05, 4.69) is 57.9 Å². The third kappa shape index (κ3) is 5.91. The fourth-order valence-electron chi connectivity index (χ4n) is 1.91. The number of aromatic nitrogens is 1. The van der Waals surface area contributed by atoms with Gasteiger partial charge in [0.15, 0.2) is 0 Å². The van der Waals surface area contributed by atoms with E-state index in [0.29, 0.717) is 5.92 Å². The van der Waals surface area contributed by atoms with E-state index in [4.69, 9.17) is 4.74 Å². The largest absolute Gasteiger partial charge is 0.477 e. The molecule has 0 unspecified atom stereocenters. The maximum Gasteiger partial charge on any atom is 0.218 e. The monoisotopic (exact) mass is 278 g/mol. The first kappa shape index (κ1) is 17.0. The van der Waals surface area contributed by atoms with Crippen LogP contribution in [0.25, 0.3) is 0 Å². The summed E-state index contributed by atoms with van der Waals surface area (Å²) in [7, 11) is 0. The zero-order chi connectivity index (χ0) is 15.3. The molecule has 1 aromatic rings. The average Bonchev–Trinajstić information content (AvgIpc) is 2.25. The van der Waals surface area contributed by atoms with Crippen molar-refractivity contribution in [3.8, 4) is 5.88 Å². The van der Waals surface area contributed by atoms with Crippen molar-refractivity contribution in [2.24, 2.45) is 5.92 Å². The highest BCUT2D eigenvalue weighted by Gasteiger charge is 2.14. The second kappa shape index (κ2) is 7.07. The van der Waals surface area contributed by atoms with Crippen LogP contribution in [0.2, 0.25) is 0 Å². The first-order chi connectivity index (χ1) is 9.19. The summed E-state index contributed by atoms with van der Waals surface area (Å²) in [4.78, 5) is 4.57. The van der Waals surface area contributed by atoms with Gasteiger partial charge in [-0.3, -0.25) is 0 Å². The molecular weight excluding hydrogens is 248 g/mol. The predicted molar refractivity (Wildman–Crippen MR) is 85.3 cm³/mol. The van der Waals surface area contributed by atoms with Crippen molar-refractivity contribution in [3.05, 3.63) is 22.9 Å². The minimum absolute atomic E-state index is 0.0898. The maximum absolute atomic E-state index is 5.92. The van der Waals surface area contributed by atoms with Crippen LogP contribution in [0.15, 0.2) is 6.07 Å². The van der Waals surface area contributed by atoms with E-state index < -0.39 is 0 Å². The molecule has 0 saturated heterocycles. The van der Waals surface area contributed by atoms with Crippen molar-refractivity contribution in [1.29, 1.82) is 0 Å². The molecule has 3 heteroatoms. The molecule has 0 atom stereocenters. The molecule has 0 aliphatic rings. The molecule has 0 fully saturated rings. The summed E-state index contributed by atoms with van der Waals surface area (Å²) in [6.45, 7) is 16.6. The Labute approximate surface area is 124 Å². The Bertz CT molecular complexity index is 433. The zero-order valence-electron chi connectivity index (χ0n) is 14.1. The lowest BCUT2D eigenvalue weighted by atomic mass is 10.1. The Morgan fingerprint density at radius 2 is 1.90 bits per heavy atom. The molecule has 0 bridgehead atoms. The third-order valence-corrected chi connectivity index (χ3v) is 3.17. The molecule has 0 aromatic carbocycles. The van der Waals surface area contributed by atoms with Crippen molar-refractivity contribution in [2.75, 3.05) is 6.61 Å². The summed E-state index contributed by atoms with van der Waals surface area (Å²) in [6.07, 6.45) is 1.06. The van der Waals surface area contributed by atoms with Crippen LogP contribution in [0.4, 0.5) is 0 Å². The topological polar surface area (TPSA) is 34.1 Å². The van der Waals surface area contributed by atoms with E-state index in [1.807, 2.05) is 6.92 Å². The average molecular weight is 278 g/mol. The Kier molecular flexibility index (Phi) is 6.00. The summed E-state index contributed by atoms with van der Waals surface area (Å²) >= 11 is 0. The van der Waals surface area contributed by atoms with E-state index in [1.165, 1.54) is 11.1 Å². The maximum atomic E-state index is 5.92. The molecule has 0 saturated carbocycles. The first-order valence-electron chi connectivity index (χ1n) is 7.54. The third-order valence-electron chi connectivity index (χ3n) is 3.17. The van der Waals surface area contributed by atoms with Crippen LogP contribution in [-0.2, 0) is 6.54 Å². The predicted octanol–water partition coefficient (Wildman–Crippen LogP) is 4.01. The molecule has 0 aliphatic heterocycles. The van der Waals surface area contributed by atoms with Gasteiger partial charge in [-0.05, 0) is 58.6 Å². The quantitative estimate of drug-likeness (QED) is 0.853. The Morgan fingerprint density at radius 1 is 1.25 bits per heavy atom. The van der Waals surface area contributed by atoms with Crippen LogP contribution in [0, 0.1) is 19.8 Å². The summed E-state index contributed by atoms with van der Waals surface area (Å²) in [5, 5.41) is 3.52. The molecule has 0 amide bonds. The molecule has 0 radical (unpaired) electrons. The summed E-state index contributed by atoms with van der Waals surface area (Å²) in [5.74, 6) is 1.44. The summed E-state index contributed by atoms with van der Waals surface area (Å²) in [5.41, 5.74) is 3.52. The second-order valence-electron chi connectivity index (χ2n) is 7.00. The molecule has 3 nitrogen and oxygen atoms in total. The number of nitrogens with one attached hydrogen (secondary N) is 1. The van der Waals surface area contributed by atoms with Crippen molar-refractivity contribution in [3.63, 3.8) is 0 Å². The van der Waals surface area contributed by atoms with Crippen molar-refractivity contribution >= 4 is 0 Å². The van der Waals surface area contributed by atoms with Crippen molar-refractivity contribution < 1.29 is 4.74 Å². The Morgan fingerprint density at radius 3 is 2.45 bits per heavy atom. The lowest BCUT2D eigenvalue weighted by Gasteiger charge is -2.22. The lowest BCUT2D eigenvalue weighted by Crippen LogP contribution is -2.35. The number of rotatable bonds is 6. The second-order valence-corrected chi connectivity index (χ2v) is 7.00. The van der Waals surface area contributed by atoms with Gasteiger partial charge in [0.2, 0.25) is 5.88 Å². The van der Waals surface area contributed by atoms with E-state index >= 15 is 0 Å². The van der Waals surface area contributed by atoms with Crippen LogP contribution in [0.1, 0.15) is 57.9 Å². The molecule has 0 spiro atoms. The van der Waals surface area contributed by atoms with E-state index in [0.717, 1.165) is 31.1 Å². The summed E-state index contributed by atoms with van der Waals surface area (Å²) < 4.78 is 5.92. The van der Waals surface area contributed by atoms with Gasteiger partial charge < -0.3 is 10.1 Å². The highest BCUT2D eigenvalue weighted by Crippen LogP contribution is 2.22. The van der Waals surface area contributed by atoms with Crippen LogP contribution >= 0.6 is 0 Å². The highest BCUT2D eigenvalue weighted by atomic mass is 16.5. The molecule has 1 aromatic heterocycles. The van der Waals surface area contributed by atoms with Gasteiger partial charge in [0.25, 0.3) is 0 Å². The summed E-state index contributed by atoms with van der Waals surface area (Å²) in [6, 6.07) is 2.12. The van der Waals surface area contributed by atoms with Crippen LogP contribution < -0.4 is 10.1 Å². The van der Waals surface area contributed by atoms with Crippen LogP contribution in [-0.4, -0.2) is 17.1 Å². The Balaban J connectivity index is 2.84. The van der Waals surface area contributed by atoms with Gasteiger partial charge in [0.05, 0.1) is 6.61 Å². The van der Waals surface area contributed by atoms with Gasteiger partial charge >= 0.3 is 0 Å². The Hall–Kier alpha value is -1.09. The van der Waals surface area contributed by atoms with Crippen molar-refractivity contribution in [1.82, 2.24) is 10.3 Å². The van der Waals surface area contributed by atoms with Gasteiger partial charge in [-0.15, -0.1) is 0 Å². The standard InChI is InChI=1S/C17H30N2O/c1-12(2)8-9-20-16-15(11-18-17(5,6)7)13(3)10-14(4)19-16/h10,12,18H,8-9,11H2,1-7H3. The number of nitrogens with zero attached hydrogens (tertiary/aromatic N) is 1. The number of aryl methyl sites for hydroxylation is 2. The van der Waals surface area contributed by atoms with Crippen LogP contribution in [0.3, 0.4) is 0 Å². The SMILES string of the molecule is Cc1cc(C)c(CNC(C)(C)C)c(OCCC(C)C)n1. The number of hydrogen-bond donors (Lipinski definition) is 1. The highest BCUT2D eigenvalue weighted by molar-refractivity contribution is 5.36. The normalized spacial score (nSPS) is 12.0. The molecule has 114 valence electrons. The molecular formula is C17H30N2O. The van der Waals surface area contributed by atoms with Gasteiger partial charge in [-0.1, -0.05) is 13.8 Å². The molecule has 0 aliphatic carbocycles.